The smallest absolute Gasteiger partial charge is 0.0420 e. The Morgan fingerprint density at radius 1 is 1.10 bits per heavy atom. The lowest BCUT2D eigenvalue weighted by atomic mass is 10.4. The molecule has 0 saturated heterocycles. The Labute approximate surface area is 71.1 Å². The van der Waals surface area contributed by atoms with Crippen molar-refractivity contribution in [2.24, 2.45) is 0 Å². The Kier molecular flexibility index (Phi) is 5.09. The van der Waals surface area contributed by atoms with Crippen LogP contribution in [0.2, 0.25) is 0 Å². The Morgan fingerprint density at radius 2 is 1.70 bits per heavy atom. The summed E-state index contributed by atoms with van der Waals surface area (Å²) in [6, 6.07) is 0. The second-order valence-electron chi connectivity index (χ2n) is 1.52. The number of allylic oxidation sites excluding steroid dienone is 6. The minimum Gasteiger partial charge on any atom is -0.0990 e. The molecule has 0 atom stereocenters. The summed E-state index contributed by atoms with van der Waals surface area (Å²) in [5, 5.41) is 1.06. The summed E-state index contributed by atoms with van der Waals surface area (Å²) < 4.78 is 0. The Hall–Kier alpha value is -0.460. The maximum absolute atomic E-state index is 5.64. The van der Waals surface area contributed by atoms with Gasteiger partial charge in [0.2, 0.25) is 0 Å². The molecule has 10 heavy (non-hydrogen) atoms. The van der Waals surface area contributed by atoms with Crippen molar-refractivity contribution in [3.8, 4) is 0 Å². The fourth-order valence-electron chi connectivity index (χ4n) is 0.351. The second kappa shape index (κ2) is 5.33. The van der Waals surface area contributed by atoms with E-state index < -0.39 is 0 Å². The lowest BCUT2D eigenvalue weighted by molar-refractivity contribution is 1.81. The summed E-state index contributed by atoms with van der Waals surface area (Å²) in [6.07, 6.45) is 6.35. The van der Waals surface area contributed by atoms with Gasteiger partial charge in [0, 0.05) is 10.1 Å². The molecular weight excluding hydrogens is 167 g/mol. The Bertz CT molecular complexity index is 187. The number of hydrogen-bond donors (Lipinski definition) is 0. The molecule has 2 heteroatoms. The first-order valence-electron chi connectivity index (χ1n) is 2.68. The van der Waals surface area contributed by atoms with Gasteiger partial charge in [0.25, 0.3) is 0 Å². The van der Waals surface area contributed by atoms with Crippen LogP contribution >= 0.6 is 23.2 Å². The number of halogens is 2. The molecule has 0 amide bonds. The molecule has 0 rings (SSSR count). The maximum Gasteiger partial charge on any atom is 0.0420 e. The first-order chi connectivity index (χ1) is 4.70. The van der Waals surface area contributed by atoms with Crippen LogP contribution in [-0.4, -0.2) is 0 Å². The van der Waals surface area contributed by atoms with E-state index in [1.54, 1.807) is 18.2 Å². The van der Waals surface area contributed by atoms with E-state index in [0.717, 1.165) is 0 Å². The van der Waals surface area contributed by atoms with Crippen LogP contribution in [0.3, 0.4) is 0 Å². The molecule has 0 spiro atoms. The Balaban J connectivity index is 4.24. The van der Waals surface area contributed by atoms with E-state index in [-0.39, 0.29) is 0 Å². The van der Waals surface area contributed by atoms with Crippen molar-refractivity contribution in [3.63, 3.8) is 0 Å². The molecule has 0 nitrogen and oxygen atoms in total. The van der Waals surface area contributed by atoms with E-state index in [2.05, 4.69) is 13.2 Å². The van der Waals surface area contributed by atoms with Gasteiger partial charge in [-0.25, -0.2) is 0 Å². The fourth-order valence-corrected chi connectivity index (χ4v) is 0.731. The molecule has 0 aromatic rings. The largest absolute Gasteiger partial charge is 0.0990 e. The molecule has 0 aromatic heterocycles. The highest BCUT2D eigenvalue weighted by Crippen LogP contribution is 2.10. The minimum absolute atomic E-state index is 0.517. The van der Waals surface area contributed by atoms with Crippen LogP contribution in [0.25, 0.3) is 0 Å². The number of hydrogen-bond acceptors (Lipinski definition) is 0. The summed E-state index contributed by atoms with van der Waals surface area (Å²) in [5.74, 6) is 0. The topological polar surface area (TPSA) is 0 Å². The van der Waals surface area contributed by atoms with Gasteiger partial charge >= 0.3 is 0 Å². The van der Waals surface area contributed by atoms with Crippen molar-refractivity contribution in [1.82, 2.24) is 0 Å². The SMILES string of the molecule is C=C/C=C(Cl)\C=C(\Cl)C=C. The van der Waals surface area contributed by atoms with Gasteiger partial charge in [0.1, 0.15) is 0 Å². The maximum atomic E-state index is 5.64. The summed E-state index contributed by atoms with van der Waals surface area (Å²) in [5.41, 5.74) is 0. The first-order valence-corrected chi connectivity index (χ1v) is 3.44. The van der Waals surface area contributed by atoms with Crippen LogP contribution in [0.5, 0.6) is 0 Å². The molecule has 0 aliphatic carbocycles. The predicted octanol–water partition coefficient (Wildman–Crippen LogP) is 3.60. The average Bonchev–Trinajstić information content (AvgIpc) is 1.88. The van der Waals surface area contributed by atoms with Crippen molar-refractivity contribution in [3.05, 3.63) is 47.5 Å². The third kappa shape index (κ3) is 4.42. The van der Waals surface area contributed by atoms with Crippen LogP contribution in [-0.2, 0) is 0 Å². The zero-order valence-electron chi connectivity index (χ0n) is 5.48. The molecule has 0 fully saturated rings. The van der Waals surface area contributed by atoms with Crippen LogP contribution in [0.1, 0.15) is 0 Å². The summed E-state index contributed by atoms with van der Waals surface area (Å²) in [4.78, 5) is 0. The van der Waals surface area contributed by atoms with Gasteiger partial charge in [-0.15, -0.1) is 0 Å². The monoisotopic (exact) mass is 174 g/mol. The van der Waals surface area contributed by atoms with E-state index in [9.17, 15) is 0 Å². The molecule has 0 aliphatic rings. The quantitative estimate of drug-likeness (QED) is 0.574. The zero-order valence-corrected chi connectivity index (χ0v) is 6.99. The Morgan fingerprint density at radius 3 is 2.10 bits per heavy atom. The van der Waals surface area contributed by atoms with Crippen molar-refractivity contribution < 1.29 is 0 Å². The number of rotatable bonds is 3. The highest BCUT2D eigenvalue weighted by atomic mass is 35.5. The average molecular weight is 175 g/mol. The van der Waals surface area contributed by atoms with E-state index in [4.69, 9.17) is 23.2 Å². The van der Waals surface area contributed by atoms with Gasteiger partial charge < -0.3 is 0 Å². The van der Waals surface area contributed by atoms with Crippen molar-refractivity contribution in [1.29, 1.82) is 0 Å². The van der Waals surface area contributed by atoms with Gasteiger partial charge in [-0.1, -0.05) is 48.5 Å². The molecule has 0 bridgehead atoms. The van der Waals surface area contributed by atoms with Crippen LogP contribution < -0.4 is 0 Å². The van der Waals surface area contributed by atoms with E-state index in [0.29, 0.717) is 10.1 Å². The third-order valence-corrected chi connectivity index (χ3v) is 1.25. The molecule has 0 unspecified atom stereocenters. The first kappa shape index (κ1) is 9.54. The molecular formula is C8H8Cl2. The van der Waals surface area contributed by atoms with Gasteiger partial charge in [-0.3, -0.25) is 0 Å². The lowest BCUT2D eigenvalue weighted by Crippen LogP contribution is -1.64. The molecule has 0 aromatic carbocycles. The molecule has 54 valence electrons. The van der Waals surface area contributed by atoms with Gasteiger partial charge in [0.15, 0.2) is 0 Å². The lowest BCUT2D eigenvalue weighted by Gasteiger charge is -1.86. The molecule has 0 saturated carbocycles. The van der Waals surface area contributed by atoms with Crippen molar-refractivity contribution >= 4 is 23.2 Å². The van der Waals surface area contributed by atoms with E-state index in [1.165, 1.54) is 6.08 Å². The predicted molar refractivity (Wildman–Crippen MR) is 48.3 cm³/mol. The molecule has 0 aliphatic heterocycles. The molecule has 0 heterocycles. The summed E-state index contributed by atoms with van der Waals surface area (Å²) in [6.45, 7) is 6.94. The fraction of sp³-hybridized carbons (Fsp3) is 0. The summed E-state index contributed by atoms with van der Waals surface area (Å²) in [7, 11) is 0. The van der Waals surface area contributed by atoms with Crippen molar-refractivity contribution in [2.75, 3.05) is 0 Å². The molecule has 0 N–H and O–H groups in total. The molecule has 0 radical (unpaired) electrons. The van der Waals surface area contributed by atoms with Crippen LogP contribution in [0.4, 0.5) is 0 Å². The van der Waals surface area contributed by atoms with Crippen molar-refractivity contribution in [2.45, 2.75) is 0 Å². The normalized spacial score (nSPS) is 13.0. The highest BCUT2D eigenvalue weighted by molar-refractivity contribution is 6.35. The van der Waals surface area contributed by atoms with E-state index >= 15 is 0 Å². The van der Waals surface area contributed by atoms with E-state index in [1.807, 2.05) is 0 Å². The standard InChI is InChI=1S/C8H8Cl2/c1-3-5-8(10)6-7(9)4-2/h3-6H,1-2H2/b7-6+,8-5+. The zero-order chi connectivity index (χ0) is 7.98. The van der Waals surface area contributed by atoms with Gasteiger partial charge in [-0.05, 0) is 12.2 Å². The third-order valence-electron chi connectivity index (χ3n) is 0.748. The van der Waals surface area contributed by atoms with Crippen LogP contribution in [0.15, 0.2) is 47.5 Å². The summed E-state index contributed by atoms with van der Waals surface area (Å²) >= 11 is 11.2. The minimum atomic E-state index is 0.517. The second-order valence-corrected chi connectivity index (χ2v) is 2.39. The highest BCUT2D eigenvalue weighted by Gasteiger charge is 1.85. The van der Waals surface area contributed by atoms with Gasteiger partial charge in [-0.2, -0.15) is 0 Å². The van der Waals surface area contributed by atoms with Gasteiger partial charge in [0.05, 0.1) is 0 Å². The van der Waals surface area contributed by atoms with Crippen LogP contribution in [0, 0.1) is 0 Å².